The summed E-state index contributed by atoms with van der Waals surface area (Å²) >= 11 is 0. The van der Waals surface area contributed by atoms with Gasteiger partial charge in [-0.2, -0.15) is 0 Å². The number of allylic oxidation sites excluding steroid dienone is 2. The van der Waals surface area contributed by atoms with Crippen molar-refractivity contribution < 1.29 is 19.2 Å². The van der Waals surface area contributed by atoms with Crippen molar-refractivity contribution in [3.8, 4) is 0 Å². The minimum atomic E-state index is -0.456. The summed E-state index contributed by atoms with van der Waals surface area (Å²) in [4.78, 5) is 56.7. The van der Waals surface area contributed by atoms with Gasteiger partial charge in [-0.1, -0.05) is 47.5 Å². The first-order valence-electron chi connectivity index (χ1n) is 12.0. The standard InChI is InChI=1S/C28H24N2O4/c1-13-3-7-15(8-4-13)29-25(31)21-17-11-12-18(22(21)26(29)32)20-19(17)23-24(20)28(34)30(27(23)33)16-9-5-14(2)6-10-16/h3-12,17-24H,1-2H3/t17-,18+,19+,20-,21+,22-,23+,24-. The zero-order chi connectivity index (χ0) is 23.5. The lowest BCUT2D eigenvalue weighted by Gasteiger charge is -2.60. The fraction of sp³-hybridized carbons (Fsp3) is 0.357. The number of anilines is 2. The number of benzene rings is 2. The second-order valence-corrected chi connectivity index (χ2v) is 10.5. The van der Waals surface area contributed by atoms with Gasteiger partial charge >= 0.3 is 0 Å². The molecule has 4 aliphatic carbocycles. The van der Waals surface area contributed by atoms with Crippen LogP contribution in [0.1, 0.15) is 11.1 Å². The summed E-state index contributed by atoms with van der Waals surface area (Å²) in [5.74, 6) is -2.92. The Balaban J connectivity index is 1.25. The number of nitrogens with zero attached hydrogens (tertiary/aromatic N) is 2. The number of rotatable bonds is 2. The number of carbonyl (C=O) groups excluding carboxylic acids is 4. The molecule has 4 fully saturated rings. The molecule has 8 atom stereocenters. The predicted octanol–water partition coefficient (Wildman–Crippen LogP) is 3.28. The minimum Gasteiger partial charge on any atom is -0.274 e. The molecule has 2 saturated carbocycles. The van der Waals surface area contributed by atoms with E-state index in [-0.39, 0.29) is 47.3 Å². The molecule has 2 aliphatic heterocycles. The third-order valence-electron chi connectivity index (χ3n) is 8.93. The topological polar surface area (TPSA) is 74.8 Å². The Labute approximate surface area is 197 Å². The SMILES string of the molecule is Cc1ccc(N2C(=O)[C@@H]3[C@H]4C=C[C@@H]([C@@H]3C2=O)[C@@H]2[C@@H]3C(=O)N(c5ccc(C)cc5)C(=O)[C@@H]3[C@H]42)cc1. The average Bonchev–Trinajstić information content (AvgIpc) is 3.19. The van der Waals surface area contributed by atoms with E-state index < -0.39 is 23.7 Å². The molecule has 0 radical (unpaired) electrons. The van der Waals surface area contributed by atoms with Crippen LogP contribution < -0.4 is 9.80 Å². The highest BCUT2D eigenvalue weighted by atomic mass is 16.2. The molecule has 170 valence electrons. The number of hydrogen-bond acceptors (Lipinski definition) is 4. The van der Waals surface area contributed by atoms with Crippen LogP contribution in [0.5, 0.6) is 0 Å². The van der Waals surface area contributed by atoms with E-state index in [1.54, 1.807) is 0 Å². The van der Waals surface area contributed by atoms with E-state index in [0.717, 1.165) is 11.1 Å². The first-order chi connectivity index (χ1) is 16.4. The highest BCUT2D eigenvalue weighted by molar-refractivity contribution is 6.25. The van der Waals surface area contributed by atoms with Gasteiger partial charge in [-0.15, -0.1) is 0 Å². The van der Waals surface area contributed by atoms with Crippen molar-refractivity contribution in [1.29, 1.82) is 0 Å². The van der Waals surface area contributed by atoms with Crippen LogP contribution in [-0.4, -0.2) is 23.6 Å². The van der Waals surface area contributed by atoms with Crippen molar-refractivity contribution in [3.05, 3.63) is 71.8 Å². The molecule has 6 heteroatoms. The summed E-state index contributed by atoms with van der Waals surface area (Å²) in [6.07, 6.45) is 4.08. The van der Waals surface area contributed by atoms with E-state index in [0.29, 0.717) is 11.4 Å². The second kappa shape index (κ2) is 6.53. The lowest BCUT2D eigenvalue weighted by molar-refractivity contribution is -0.166. The Hall–Kier alpha value is -3.54. The van der Waals surface area contributed by atoms with E-state index in [9.17, 15) is 19.2 Å². The zero-order valence-corrected chi connectivity index (χ0v) is 18.9. The molecule has 0 N–H and O–H groups in total. The van der Waals surface area contributed by atoms with Gasteiger partial charge < -0.3 is 0 Å². The molecular formula is C28H24N2O4. The lowest BCUT2D eigenvalue weighted by atomic mass is 9.40. The maximum Gasteiger partial charge on any atom is 0.238 e. The van der Waals surface area contributed by atoms with Crippen LogP contribution in [0.3, 0.4) is 0 Å². The fourth-order valence-corrected chi connectivity index (χ4v) is 7.50. The summed E-state index contributed by atoms with van der Waals surface area (Å²) in [5, 5.41) is 0. The van der Waals surface area contributed by atoms with Crippen LogP contribution in [0.15, 0.2) is 60.7 Å². The van der Waals surface area contributed by atoms with E-state index >= 15 is 0 Å². The predicted molar refractivity (Wildman–Crippen MR) is 124 cm³/mol. The molecule has 6 aliphatic rings. The summed E-state index contributed by atoms with van der Waals surface area (Å²) in [5.41, 5.74) is 3.32. The minimum absolute atomic E-state index is 0.0668. The first-order valence-corrected chi connectivity index (χ1v) is 12.0. The summed E-state index contributed by atoms with van der Waals surface area (Å²) in [7, 11) is 0. The Morgan fingerprint density at radius 1 is 0.500 bits per heavy atom. The molecular weight excluding hydrogens is 428 g/mol. The van der Waals surface area contributed by atoms with Gasteiger partial charge in [0.2, 0.25) is 23.6 Å². The summed E-state index contributed by atoms with van der Waals surface area (Å²) < 4.78 is 0. The summed E-state index contributed by atoms with van der Waals surface area (Å²) in [6, 6.07) is 14.8. The normalized spacial score (nSPS) is 37.1. The molecule has 34 heavy (non-hydrogen) atoms. The van der Waals surface area contributed by atoms with Gasteiger partial charge in [-0.3, -0.25) is 29.0 Å². The van der Waals surface area contributed by atoms with Crippen molar-refractivity contribution in [2.75, 3.05) is 9.80 Å². The monoisotopic (exact) mass is 452 g/mol. The second-order valence-electron chi connectivity index (χ2n) is 10.5. The van der Waals surface area contributed by atoms with Crippen LogP contribution in [0.4, 0.5) is 11.4 Å². The Bertz CT molecular complexity index is 1250. The number of aryl methyl sites for hydroxylation is 2. The smallest absolute Gasteiger partial charge is 0.238 e. The molecule has 2 bridgehead atoms. The van der Waals surface area contributed by atoms with Gasteiger partial charge in [-0.05, 0) is 61.8 Å². The Kier molecular flexibility index (Phi) is 3.82. The molecule has 0 spiro atoms. The maximum absolute atomic E-state index is 13.6. The largest absolute Gasteiger partial charge is 0.274 e. The van der Waals surface area contributed by atoms with E-state index in [4.69, 9.17) is 0 Å². The summed E-state index contributed by atoms with van der Waals surface area (Å²) in [6.45, 7) is 3.93. The van der Waals surface area contributed by atoms with Crippen LogP contribution in [0.25, 0.3) is 0 Å². The van der Waals surface area contributed by atoms with E-state index in [1.165, 1.54) is 9.80 Å². The molecule has 6 nitrogen and oxygen atoms in total. The molecule has 0 unspecified atom stereocenters. The van der Waals surface area contributed by atoms with Crippen molar-refractivity contribution in [2.45, 2.75) is 13.8 Å². The molecule has 2 aromatic carbocycles. The maximum atomic E-state index is 13.6. The third kappa shape index (κ3) is 2.26. The van der Waals surface area contributed by atoms with E-state index in [1.807, 2.05) is 74.5 Å². The van der Waals surface area contributed by atoms with Gasteiger partial charge in [0.15, 0.2) is 0 Å². The van der Waals surface area contributed by atoms with Crippen LogP contribution in [-0.2, 0) is 19.2 Å². The van der Waals surface area contributed by atoms with Crippen molar-refractivity contribution in [2.24, 2.45) is 47.3 Å². The number of imide groups is 2. The number of amides is 4. The third-order valence-corrected chi connectivity index (χ3v) is 8.93. The Morgan fingerprint density at radius 3 is 1.18 bits per heavy atom. The lowest BCUT2D eigenvalue weighted by Crippen LogP contribution is -2.63. The number of hydrogen-bond donors (Lipinski definition) is 0. The quantitative estimate of drug-likeness (QED) is 0.518. The highest BCUT2D eigenvalue weighted by Gasteiger charge is 2.75. The zero-order valence-electron chi connectivity index (χ0n) is 18.9. The van der Waals surface area contributed by atoms with E-state index in [2.05, 4.69) is 0 Å². The van der Waals surface area contributed by atoms with Crippen molar-refractivity contribution in [3.63, 3.8) is 0 Å². The van der Waals surface area contributed by atoms with Crippen LogP contribution >= 0.6 is 0 Å². The molecule has 2 saturated heterocycles. The van der Waals surface area contributed by atoms with Crippen molar-refractivity contribution in [1.82, 2.24) is 0 Å². The number of carbonyl (C=O) groups is 4. The molecule has 0 aromatic heterocycles. The van der Waals surface area contributed by atoms with Gasteiger partial charge in [0.05, 0.1) is 35.0 Å². The molecule has 2 heterocycles. The molecule has 4 amide bonds. The number of fused-ring (bicyclic) bond motifs is 1. The van der Waals surface area contributed by atoms with Gasteiger partial charge in [0, 0.05) is 0 Å². The van der Waals surface area contributed by atoms with Crippen LogP contribution in [0.2, 0.25) is 0 Å². The fourth-order valence-electron chi connectivity index (χ4n) is 7.50. The average molecular weight is 453 g/mol. The van der Waals surface area contributed by atoms with Gasteiger partial charge in [-0.25, -0.2) is 0 Å². The van der Waals surface area contributed by atoms with Crippen LogP contribution in [0, 0.1) is 61.2 Å². The van der Waals surface area contributed by atoms with Gasteiger partial charge in [0.1, 0.15) is 0 Å². The first kappa shape index (κ1) is 19.9. The highest BCUT2D eigenvalue weighted by Crippen LogP contribution is 2.68. The Morgan fingerprint density at radius 2 is 0.824 bits per heavy atom. The van der Waals surface area contributed by atoms with Gasteiger partial charge in [0.25, 0.3) is 0 Å². The molecule has 8 rings (SSSR count). The van der Waals surface area contributed by atoms with Crippen molar-refractivity contribution >= 4 is 35.0 Å². The molecule has 2 aromatic rings.